The van der Waals surface area contributed by atoms with Crippen molar-refractivity contribution < 1.29 is 22.4 Å². The van der Waals surface area contributed by atoms with E-state index in [0.29, 0.717) is 30.2 Å². The summed E-state index contributed by atoms with van der Waals surface area (Å²) in [6.45, 7) is 1.89. The lowest BCUT2D eigenvalue weighted by Crippen LogP contribution is -2.55. The summed E-state index contributed by atoms with van der Waals surface area (Å²) in [5.74, 6) is 11.7. The van der Waals surface area contributed by atoms with Gasteiger partial charge in [-0.1, -0.05) is 0 Å². The number of anilines is 2. The number of carbonyl (C=O) groups excluding carboxylic acids is 1. The van der Waals surface area contributed by atoms with Crippen molar-refractivity contribution in [3.05, 3.63) is 47.8 Å². The highest BCUT2D eigenvalue weighted by molar-refractivity contribution is 5.96. The first kappa shape index (κ1) is 24.6. The number of amidine groups is 1. The maximum Gasteiger partial charge on any atom is 0.417 e. The fraction of sp³-hybridized carbons (Fsp3) is 0.455. The second-order valence-electron chi connectivity index (χ2n) is 8.62. The highest BCUT2D eigenvalue weighted by Crippen LogP contribution is 2.35. The van der Waals surface area contributed by atoms with Crippen LogP contribution in [-0.4, -0.2) is 58.0 Å². The predicted molar refractivity (Wildman–Crippen MR) is 122 cm³/mol. The normalized spacial score (nSPS) is 21.1. The number of alkyl halides is 4. The first-order chi connectivity index (χ1) is 16.6. The first-order valence-electron chi connectivity index (χ1n) is 11.1. The fourth-order valence-electron chi connectivity index (χ4n) is 4.13. The van der Waals surface area contributed by atoms with E-state index in [0.717, 1.165) is 25.1 Å². The van der Waals surface area contributed by atoms with Crippen molar-refractivity contribution in [3.63, 3.8) is 0 Å². The van der Waals surface area contributed by atoms with Gasteiger partial charge >= 0.3 is 6.18 Å². The molecule has 9 nitrogen and oxygen atoms in total. The minimum absolute atomic E-state index is 0.0567. The van der Waals surface area contributed by atoms with E-state index in [4.69, 9.17) is 11.7 Å². The molecule has 35 heavy (non-hydrogen) atoms. The quantitative estimate of drug-likeness (QED) is 0.216. The third-order valence-corrected chi connectivity index (χ3v) is 6.22. The lowest BCUT2D eigenvalue weighted by Gasteiger charge is -2.41. The topological polar surface area (TPSA) is 117 Å². The number of aromatic nitrogens is 2. The molecule has 0 radical (unpaired) electrons. The molecule has 2 aromatic heterocycles. The summed E-state index contributed by atoms with van der Waals surface area (Å²) in [6, 6.07) is 4.58. The van der Waals surface area contributed by atoms with Crippen molar-refractivity contribution in [1.82, 2.24) is 14.9 Å². The molecule has 1 saturated carbocycles. The van der Waals surface area contributed by atoms with Crippen molar-refractivity contribution in [2.75, 3.05) is 23.0 Å². The van der Waals surface area contributed by atoms with Crippen LogP contribution in [0.3, 0.4) is 0 Å². The number of hydrazone groups is 1. The van der Waals surface area contributed by atoms with E-state index < -0.39 is 24.0 Å². The van der Waals surface area contributed by atoms with Crippen LogP contribution in [0.5, 0.6) is 0 Å². The highest BCUT2D eigenvalue weighted by atomic mass is 19.4. The van der Waals surface area contributed by atoms with Gasteiger partial charge < -0.3 is 15.6 Å². The second kappa shape index (κ2) is 9.64. The van der Waals surface area contributed by atoms with Gasteiger partial charge in [0.25, 0.3) is 5.91 Å². The monoisotopic (exact) mass is 494 g/mol. The molecule has 0 spiro atoms. The summed E-state index contributed by atoms with van der Waals surface area (Å²) >= 11 is 0. The number of rotatable bonds is 5. The second-order valence-corrected chi connectivity index (χ2v) is 8.62. The van der Waals surface area contributed by atoms with Crippen molar-refractivity contribution in [2.24, 2.45) is 16.8 Å². The molecule has 1 saturated heterocycles. The molecule has 1 aliphatic heterocycles. The highest BCUT2D eigenvalue weighted by Gasteiger charge is 2.43. The zero-order valence-electron chi connectivity index (χ0n) is 19.0. The van der Waals surface area contributed by atoms with E-state index in [-0.39, 0.29) is 24.3 Å². The van der Waals surface area contributed by atoms with Gasteiger partial charge in [-0.3, -0.25) is 4.79 Å². The molecule has 4 N–H and O–H groups in total. The summed E-state index contributed by atoms with van der Waals surface area (Å²) in [6.07, 6.45) is -1.87. The van der Waals surface area contributed by atoms with Gasteiger partial charge in [0.2, 0.25) is 0 Å². The van der Waals surface area contributed by atoms with Crippen molar-refractivity contribution >= 4 is 23.4 Å². The molecule has 188 valence electrons. The number of nitrogens with zero attached hydrogens (tertiary/aromatic N) is 6. The summed E-state index contributed by atoms with van der Waals surface area (Å²) in [5, 5.41) is 4.67. The van der Waals surface area contributed by atoms with Crippen molar-refractivity contribution in [1.29, 1.82) is 0 Å². The minimum Gasteiger partial charge on any atom is -0.354 e. The zero-order chi connectivity index (χ0) is 25.3. The molecule has 4 rings (SSSR count). The molecule has 0 aromatic carbocycles. The maximum absolute atomic E-state index is 15.4. The molecule has 3 heterocycles. The van der Waals surface area contributed by atoms with Crippen molar-refractivity contribution in [3.8, 4) is 0 Å². The van der Waals surface area contributed by atoms with Gasteiger partial charge in [-0.2, -0.15) is 18.3 Å². The van der Waals surface area contributed by atoms with Gasteiger partial charge in [-0.15, -0.1) is 0 Å². The molecule has 1 amide bonds. The molecule has 1 aliphatic carbocycles. The Morgan fingerprint density at radius 1 is 1.14 bits per heavy atom. The maximum atomic E-state index is 15.4. The van der Waals surface area contributed by atoms with Crippen LogP contribution >= 0.6 is 0 Å². The summed E-state index contributed by atoms with van der Waals surface area (Å²) in [4.78, 5) is 24.6. The SMILES string of the molecule is C/C(=N/N)N(N)c1ccc(C(=O)N(C2CC2)[C@@H]2CCN(c3ccc(C(F)(F)F)cn3)C[C@@H]2F)cn1. The molecular formula is C22H26F4N8O. The Hall–Kier alpha value is -3.48. The van der Waals surface area contributed by atoms with Gasteiger partial charge in [0.15, 0.2) is 0 Å². The average Bonchev–Trinajstić information content (AvgIpc) is 3.69. The molecule has 2 aromatic rings. The number of piperidine rings is 1. The molecule has 2 atom stereocenters. The van der Waals surface area contributed by atoms with Crippen LogP contribution in [0.15, 0.2) is 41.8 Å². The summed E-state index contributed by atoms with van der Waals surface area (Å²) in [5.41, 5.74) is -0.559. The van der Waals surface area contributed by atoms with Crippen LogP contribution in [0, 0.1) is 0 Å². The van der Waals surface area contributed by atoms with E-state index in [1.165, 1.54) is 17.3 Å². The van der Waals surface area contributed by atoms with Gasteiger partial charge in [0.1, 0.15) is 23.6 Å². The number of hydrogen-bond acceptors (Lipinski definition) is 7. The number of hydrogen-bond donors (Lipinski definition) is 2. The Morgan fingerprint density at radius 3 is 2.40 bits per heavy atom. The number of pyridine rings is 2. The molecule has 13 heteroatoms. The Balaban J connectivity index is 1.46. The predicted octanol–water partition coefficient (Wildman–Crippen LogP) is 2.69. The zero-order valence-corrected chi connectivity index (χ0v) is 19.0. The van der Waals surface area contributed by atoms with E-state index in [9.17, 15) is 18.0 Å². The van der Waals surface area contributed by atoms with E-state index in [1.54, 1.807) is 28.9 Å². The molecule has 0 bridgehead atoms. The summed E-state index contributed by atoms with van der Waals surface area (Å²) in [7, 11) is 0. The van der Waals surface area contributed by atoms with E-state index in [2.05, 4.69) is 15.1 Å². The van der Waals surface area contributed by atoms with E-state index >= 15 is 4.39 Å². The summed E-state index contributed by atoms with van der Waals surface area (Å²) < 4.78 is 53.8. The van der Waals surface area contributed by atoms with Crippen LogP contribution in [0.4, 0.5) is 29.2 Å². The fourth-order valence-corrected chi connectivity index (χ4v) is 4.13. The van der Waals surface area contributed by atoms with Crippen LogP contribution in [-0.2, 0) is 6.18 Å². The third kappa shape index (κ3) is 5.29. The molecule has 2 aliphatic rings. The van der Waals surface area contributed by atoms with Gasteiger partial charge in [0, 0.05) is 25.0 Å². The number of amides is 1. The Morgan fingerprint density at radius 2 is 1.89 bits per heavy atom. The standard InChI is InChI=1S/C22H26F4N8O/c1-13(31-27)34(28)20-6-2-14(10-29-20)21(35)33(16-4-5-16)18-8-9-32(12-17(18)23)19-7-3-15(11-30-19)22(24,25)26/h2-3,6-7,10-11,16-18H,4-5,8-9,12,27-28H2,1H3/b31-13-/t17-,18+/m0/s1. The Bertz CT molecular complexity index is 1070. The number of carbonyl (C=O) groups is 1. The average molecular weight is 494 g/mol. The minimum atomic E-state index is -4.49. The van der Waals surface area contributed by atoms with Gasteiger partial charge in [0.05, 0.1) is 23.7 Å². The molecule has 0 unspecified atom stereocenters. The van der Waals surface area contributed by atoms with Crippen LogP contribution in [0.2, 0.25) is 0 Å². The lowest BCUT2D eigenvalue weighted by atomic mass is 9.99. The van der Waals surface area contributed by atoms with Crippen molar-refractivity contribution in [2.45, 2.75) is 50.6 Å². The smallest absolute Gasteiger partial charge is 0.354 e. The van der Waals surface area contributed by atoms with E-state index in [1.807, 2.05) is 0 Å². The molecular weight excluding hydrogens is 468 g/mol. The lowest BCUT2D eigenvalue weighted by molar-refractivity contribution is -0.137. The Labute approximate surface area is 199 Å². The molecule has 2 fully saturated rings. The number of nitrogens with two attached hydrogens (primary N) is 2. The first-order valence-corrected chi connectivity index (χ1v) is 11.1. The van der Waals surface area contributed by atoms with Crippen LogP contribution < -0.4 is 21.6 Å². The van der Waals surface area contributed by atoms with Crippen LogP contribution in [0.25, 0.3) is 0 Å². The van der Waals surface area contributed by atoms with Gasteiger partial charge in [-0.25, -0.2) is 25.2 Å². The number of hydrazine groups is 1. The van der Waals surface area contributed by atoms with Gasteiger partial charge in [-0.05, 0) is 50.5 Å². The Kier molecular flexibility index (Phi) is 6.79. The van der Waals surface area contributed by atoms with Crippen LogP contribution in [0.1, 0.15) is 42.1 Å². The number of halogens is 4. The largest absolute Gasteiger partial charge is 0.417 e. The third-order valence-electron chi connectivity index (χ3n) is 6.22.